The van der Waals surface area contributed by atoms with Gasteiger partial charge >= 0.3 is 5.97 Å². The summed E-state index contributed by atoms with van der Waals surface area (Å²) in [5.41, 5.74) is 0.284. The van der Waals surface area contributed by atoms with Gasteiger partial charge in [-0.05, 0) is 30.6 Å². The number of esters is 1. The van der Waals surface area contributed by atoms with Gasteiger partial charge in [0.2, 0.25) is 0 Å². The first-order valence-corrected chi connectivity index (χ1v) is 6.82. The molecule has 0 heterocycles. The molecule has 1 rings (SSSR count). The maximum Gasteiger partial charge on any atom is 0.320 e. The second kappa shape index (κ2) is 7.10. The molecule has 0 radical (unpaired) electrons. The highest BCUT2D eigenvalue weighted by molar-refractivity contribution is 5.71. The van der Waals surface area contributed by atoms with Gasteiger partial charge in [0, 0.05) is 13.7 Å². The van der Waals surface area contributed by atoms with Crippen LogP contribution in [0.1, 0.15) is 40.0 Å². The van der Waals surface area contributed by atoms with Crippen LogP contribution in [0.3, 0.4) is 0 Å². The van der Waals surface area contributed by atoms with Crippen molar-refractivity contribution in [2.45, 2.75) is 46.1 Å². The van der Waals surface area contributed by atoms with Crippen LogP contribution in [-0.4, -0.2) is 38.9 Å². The summed E-state index contributed by atoms with van der Waals surface area (Å²) in [6, 6.07) is 0. The molecule has 0 saturated heterocycles. The van der Waals surface area contributed by atoms with Crippen molar-refractivity contribution in [2.24, 2.45) is 11.3 Å². The molecule has 1 N–H and O–H groups in total. The normalized spacial score (nSPS) is 26.9. The highest BCUT2D eigenvalue weighted by Gasteiger charge is 2.33. The number of carbonyl (C=O) groups is 1. The molecule has 1 aliphatic carbocycles. The molecule has 0 aromatic rings. The Labute approximate surface area is 110 Å². The number of hydrogen-bond acceptors (Lipinski definition) is 4. The van der Waals surface area contributed by atoms with Crippen LogP contribution in [0.25, 0.3) is 0 Å². The maximum absolute atomic E-state index is 11.7. The molecule has 1 aliphatic rings. The van der Waals surface area contributed by atoms with Crippen molar-refractivity contribution in [3.63, 3.8) is 0 Å². The average Bonchev–Trinajstić information content (AvgIpc) is 2.21. The van der Waals surface area contributed by atoms with Gasteiger partial charge in [-0.2, -0.15) is 0 Å². The molecule has 0 aliphatic heterocycles. The third-order valence-electron chi connectivity index (χ3n) is 3.40. The van der Waals surface area contributed by atoms with Crippen molar-refractivity contribution in [2.75, 3.05) is 26.8 Å². The molecule has 1 saturated carbocycles. The minimum atomic E-state index is -0.152. The topological polar surface area (TPSA) is 47.6 Å². The summed E-state index contributed by atoms with van der Waals surface area (Å²) in [5, 5.41) is 3.01. The number of carbonyl (C=O) groups excluding carboxylic acids is 1. The van der Waals surface area contributed by atoms with Crippen LogP contribution >= 0.6 is 0 Å². The molecule has 18 heavy (non-hydrogen) atoms. The smallest absolute Gasteiger partial charge is 0.320 e. The molecule has 4 heteroatoms. The summed E-state index contributed by atoms with van der Waals surface area (Å²) in [6.07, 6.45) is 3.27. The van der Waals surface area contributed by atoms with E-state index in [2.05, 4.69) is 26.1 Å². The summed E-state index contributed by atoms with van der Waals surface area (Å²) >= 11 is 0. The van der Waals surface area contributed by atoms with Crippen molar-refractivity contribution in [3.8, 4) is 0 Å². The molecule has 2 atom stereocenters. The number of methoxy groups -OCH3 is 1. The van der Waals surface area contributed by atoms with Crippen LogP contribution < -0.4 is 5.32 Å². The molecule has 0 amide bonds. The Morgan fingerprint density at radius 2 is 2.11 bits per heavy atom. The SMILES string of the molecule is COCCNCC(=O)OC1CC(C)CC(C)(C)C1. The van der Waals surface area contributed by atoms with Crippen LogP contribution in [0.2, 0.25) is 0 Å². The molecule has 0 spiro atoms. The molecule has 0 bridgehead atoms. The summed E-state index contributed by atoms with van der Waals surface area (Å²) in [5.74, 6) is 0.481. The molecule has 2 unspecified atom stereocenters. The summed E-state index contributed by atoms with van der Waals surface area (Å²) < 4.78 is 10.4. The Kier molecular flexibility index (Phi) is 6.09. The van der Waals surface area contributed by atoms with Crippen LogP contribution in [-0.2, 0) is 14.3 Å². The third-order valence-corrected chi connectivity index (χ3v) is 3.40. The first-order valence-electron chi connectivity index (χ1n) is 6.82. The number of hydrogen-bond donors (Lipinski definition) is 1. The Morgan fingerprint density at radius 3 is 2.72 bits per heavy atom. The van der Waals surface area contributed by atoms with Crippen LogP contribution in [0.4, 0.5) is 0 Å². The van der Waals surface area contributed by atoms with Crippen LogP contribution in [0, 0.1) is 11.3 Å². The Morgan fingerprint density at radius 1 is 1.39 bits per heavy atom. The number of ether oxygens (including phenoxy) is 2. The van der Waals surface area contributed by atoms with Crippen LogP contribution in [0.15, 0.2) is 0 Å². The second-order valence-electron chi connectivity index (χ2n) is 6.19. The van der Waals surface area contributed by atoms with Gasteiger partial charge in [-0.1, -0.05) is 20.8 Å². The minimum absolute atomic E-state index is 0.0838. The Hall–Kier alpha value is -0.610. The second-order valence-corrected chi connectivity index (χ2v) is 6.19. The van der Waals surface area contributed by atoms with Crippen molar-refractivity contribution in [1.29, 1.82) is 0 Å². The zero-order valence-corrected chi connectivity index (χ0v) is 12.1. The van der Waals surface area contributed by atoms with Crippen LogP contribution in [0.5, 0.6) is 0 Å². The van der Waals surface area contributed by atoms with Gasteiger partial charge in [0.15, 0.2) is 0 Å². The van der Waals surface area contributed by atoms with Gasteiger partial charge in [-0.3, -0.25) is 4.79 Å². The van der Waals surface area contributed by atoms with E-state index in [-0.39, 0.29) is 24.0 Å². The fraction of sp³-hybridized carbons (Fsp3) is 0.929. The van der Waals surface area contributed by atoms with E-state index in [9.17, 15) is 4.79 Å². The fourth-order valence-corrected chi connectivity index (χ4v) is 2.94. The summed E-state index contributed by atoms with van der Waals surface area (Å²) in [6.45, 7) is 8.30. The summed E-state index contributed by atoms with van der Waals surface area (Å²) in [7, 11) is 1.64. The first-order chi connectivity index (χ1) is 8.43. The van der Waals surface area contributed by atoms with E-state index in [1.54, 1.807) is 7.11 Å². The van der Waals surface area contributed by atoms with E-state index < -0.39 is 0 Å². The quantitative estimate of drug-likeness (QED) is 0.584. The van der Waals surface area contributed by atoms with E-state index in [1.165, 1.54) is 6.42 Å². The average molecular weight is 257 g/mol. The molecular formula is C14H27NO3. The lowest BCUT2D eigenvalue weighted by Gasteiger charge is -2.38. The molecule has 106 valence electrons. The first kappa shape index (κ1) is 15.4. The lowest BCUT2D eigenvalue weighted by Crippen LogP contribution is -2.36. The highest BCUT2D eigenvalue weighted by Crippen LogP contribution is 2.39. The fourth-order valence-electron chi connectivity index (χ4n) is 2.94. The van der Waals surface area contributed by atoms with Gasteiger partial charge in [-0.25, -0.2) is 0 Å². The lowest BCUT2D eigenvalue weighted by molar-refractivity contribution is -0.152. The zero-order valence-electron chi connectivity index (χ0n) is 12.1. The van der Waals surface area contributed by atoms with E-state index in [1.807, 2.05) is 0 Å². The number of rotatable bonds is 6. The standard InChI is InChI=1S/C14H27NO3/c1-11-7-12(9-14(2,3)8-11)18-13(16)10-15-5-6-17-4/h11-12,15H,5-10H2,1-4H3. The molecule has 0 aromatic heterocycles. The predicted molar refractivity (Wildman–Crippen MR) is 71.4 cm³/mol. The Bertz CT molecular complexity index is 266. The molecule has 0 aromatic carbocycles. The summed E-state index contributed by atoms with van der Waals surface area (Å²) in [4.78, 5) is 11.7. The van der Waals surface area contributed by atoms with Crippen molar-refractivity contribution >= 4 is 5.97 Å². The van der Waals surface area contributed by atoms with E-state index in [0.717, 1.165) is 12.8 Å². The zero-order chi connectivity index (χ0) is 13.6. The van der Waals surface area contributed by atoms with E-state index >= 15 is 0 Å². The largest absolute Gasteiger partial charge is 0.461 e. The molecule has 4 nitrogen and oxygen atoms in total. The minimum Gasteiger partial charge on any atom is -0.461 e. The monoisotopic (exact) mass is 257 g/mol. The molecule has 1 fully saturated rings. The van der Waals surface area contributed by atoms with Gasteiger partial charge in [0.25, 0.3) is 0 Å². The molecular weight excluding hydrogens is 230 g/mol. The van der Waals surface area contributed by atoms with Gasteiger partial charge < -0.3 is 14.8 Å². The lowest BCUT2D eigenvalue weighted by atomic mass is 9.71. The predicted octanol–water partition coefficient (Wildman–Crippen LogP) is 1.98. The van der Waals surface area contributed by atoms with E-state index in [4.69, 9.17) is 9.47 Å². The van der Waals surface area contributed by atoms with Crippen molar-refractivity contribution in [3.05, 3.63) is 0 Å². The highest BCUT2D eigenvalue weighted by atomic mass is 16.5. The Balaban J connectivity index is 2.26. The van der Waals surface area contributed by atoms with Gasteiger partial charge in [0.05, 0.1) is 13.2 Å². The van der Waals surface area contributed by atoms with Crippen molar-refractivity contribution in [1.82, 2.24) is 5.32 Å². The maximum atomic E-state index is 11.7. The van der Waals surface area contributed by atoms with Crippen molar-refractivity contribution < 1.29 is 14.3 Å². The van der Waals surface area contributed by atoms with E-state index in [0.29, 0.717) is 19.1 Å². The third kappa shape index (κ3) is 5.83. The number of nitrogens with one attached hydrogen (secondary N) is 1. The van der Waals surface area contributed by atoms with Gasteiger partial charge in [-0.15, -0.1) is 0 Å². The van der Waals surface area contributed by atoms with Gasteiger partial charge in [0.1, 0.15) is 6.10 Å².